The number of nitrogens with zero attached hydrogens (tertiary/aromatic N) is 1. The summed E-state index contributed by atoms with van der Waals surface area (Å²) < 4.78 is 32.9. The van der Waals surface area contributed by atoms with Crippen molar-refractivity contribution in [2.45, 2.75) is 11.4 Å². The molecular weight excluding hydrogens is 459 g/mol. The van der Waals surface area contributed by atoms with E-state index in [1.165, 1.54) is 24.3 Å². The summed E-state index contributed by atoms with van der Waals surface area (Å²) in [7, 11) is -0.630. The lowest BCUT2D eigenvalue weighted by atomic mass is 10.1. The summed E-state index contributed by atoms with van der Waals surface area (Å²) in [6.45, 7) is 0.391. The molecule has 0 spiro atoms. The van der Waals surface area contributed by atoms with Crippen LogP contribution in [0.15, 0.2) is 71.6 Å². The number of rotatable bonds is 7. The quantitative estimate of drug-likeness (QED) is 0.513. The molecule has 0 radical (unpaired) electrons. The van der Waals surface area contributed by atoms with Gasteiger partial charge in [-0.15, -0.1) is 0 Å². The molecule has 1 N–H and O–H groups in total. The lowest BCUT2D eigenvalue weighted by molar-refractivity contribution is 0.0785. The van der Waals surface area contributed by atoms with E-state index in [2.05, 4.69) is 4.72 Å². The average molecular weight is 479 g/mol. The molecule has 0 saturated carbocycles. The molecule has 0 aromatic heterocycles. The van der Waals surface area contributed by atoms with Crippen molar-refractivity contribution >= 4 is 44.8 Å². The van der Waals surface area contributed by atoms with E-state index >= 15 is 0 Å². The molecule has 3 aromatic rings. The van der Waals surface area contributed by atoms with Crippen molar-refractivity contribution in [2.75, 3.05) is 18.9 Å². The van der Waals surface area contributed by atoms with Gasteiger partial charge in [0.25, 0.3) is 15.9 Å². The van der Waals surface area contributed by atoms with E-state index in [4.69, 9.17) is 27.9 Å². The SMILES string of the molecule is COc1ccc(CN(C)C(=O)c2cccc(NS(=O)(=O)c3ccc(Cl)c(Cl)c3)c2)cc1. The van der Waals surface area contributed by atoms with Crippen LogP contribution in [0.1, 0.15) is 15.9 Å². The second-order valence-corrected chi connectivity index (χ2v) is 9.27. The van der Waals surface area contributed by atoms with Crippen LogP contribution in [-0.2, 0) is 16.6 Å². The van der Waals surface area contributed by atoms with Crippen molar-refractivity contribution < 1.29 is 17.9 Å². The van der Waals surface area contributed by atoms with E-state index in [0.717, 1.165) is 11.3 Å². The van der Waals surface area contributed by atoms with Crippen molar-refractivity contribution in [3.63, 3.8) is 0 Å². The summed E-state index contributed by atoms with van der Waals surface area (Å²) in [5.41, 5.74) is 1.55. The van der Waals surface area contributed by atoms with Gasteiger partial charge in [0.1, 0.15) is 5.75 Å². The number of carbonyl (C=O) groups is 1. The number of hydrogen-bond acceptors (Lipinski definition) is 4. The Morgan fingerprint density at radius 1 is 1.00 bits per heavy atom. The normalized spacial score (nSPS) is 11.1. The maximum Gasteiger partial charge on any atom is 0.261 e. The first-order valence-corrected chi connectivity index (χ1v) is 11.4. The summed E-state index contributed by atoms with van der Waals surface area (Å²) >= 11 is 11.8. The van der Waals surface area contributed by atoms with Crippen molar-refractivity contribution in [2.24, 2.45) is 0 Å². The number of ether oxygens (including phenoxy) is 1. The molecule has 0 aliphatic heterocycles. The molecule has 3 aromatic carbocycles. The van der Waals surface area contributed by atoms with Gasteiger partial charge in [-0.05, 0) is 54.1 Å². The summed E-state index contributed by atoms with van der Waals surface area (Å²) in [6, 6.07) is 17.7. The Balaban J connectivity index is 1.75. The molecule has 0 fully saturated rings. The zero-order valence-electron chi connectivity index (χ0n) is 16.8. The molecule has 0 aliphatic rings. The molecule has 0 aliphatic carbocycles. The van der Waals surface area contributed by atoms with Gasteiger partial charge >= 0.3 is 0 Å². The smallest absolute Gasteiger partial charge is 0.261 e. The number of methoxy groups -OCH3 is 1. The van der Waals surface area contributed by atoms with Gasteiger partial charge in [0.15, 0.2) is 0 Å². The van der Waals surface area contributed by atoms with Gasteiger partial charge in [-0.2, -0.15) is 0 Å². The Morgan fingerprint density at radius 2 is 1.71 bits per heavy atom. The first kappa shape index (κ1) is 22.9. The average Bonchev–Trinajstić information content (AvgIpc) is 2.75. The molecule has 0 heterocycles. The van der Waals surface area contributed by atoms with Gasteiger partial charge in [-0.3, -0.25) is 9.52 Å². The Kier molecular flexibility index (Phi) is 7.10. The predicted molar refractivity (Wildman–Crippen MR) is 123 cm³/mol. The van der Waals surface area contributed by atoms with Gasteiger partial charge < -0.3 is 9.64 Å². The van der Waals surface area contributed by atoms with Crippen molar-refractivity contribution in [3.05, 3.63) is 87.9 Å². The molecule has 31 heavy (non-hydrogen) atoms. The fraction of sp³-hybridized carbons (Fsp3) is 0.136. The molecule has 0 unspecified atom stereocenters. The second-order valence-electron chi connectivity index (χ2n) is 6.77. The van der Waals surface area contributed by atoms with Crippen LogP contribution in [0, 0.1) is 0 Å². The number of anilines is 1. The van der Waals surface area contributed by atoms with Gasteiger partial charge in [-0.25, -0.2) is 8.42 Å². The van der Waals surface area contributed by atoms with Crippen LogP contribution in [0.2, 0.25) is 10.0 Å². The monoisotopic (exact) mass is 478 g/mol. The van der Waals surface area contributed by atoms with E-state index in [1.54, 1.807) is 37.3 Å². The third-order valence-electron chi connectivity index (χ3n) is 4.49. The van der Waals surface area contributed by atoms with Gasteiger partial charge in [0, 0.05) is 24.8 Å². The molecule has 0 saturated heterocycles. The van der Waals surface area contributed by atoms with Crippen LogP contribution >= 0.6 is 23.2 Å². The van der Waals surface area contributed by atoms with E-state index in [-0.39, 0.29) is 26.5 Å². The van der Waals surface area contributed by atoms with Gasteiger partial charge in [0.05, 0.1) is 22.1 Å². The standard InChI is InChI=1S/C22H20Cl2N2O4S/c1-26(14-15-6-8-18(30-2)9-7-15)22(27)16-4-3-5-17(12-16)25-31(28,29)19-10-11-20(23)21(24)13-19/h3-13,25H,14H2,1-2H3. The van der Waals surface area contributed by atoms with E-state index < -0.39 is 10.0 Å². The first-order chi connectivity index (χ1) is 14.7. The van der Waals surface area contributed by atoms with Crippen molar-refractivity contribution in [1.82, 2.24) is 4.90 Å². The second kappa shape index (κ2) is 9.60. The summed E-state index contributed by atoms with van der Waals surface area (Å²) in [6.07, 6.45) is 0. The van der Waals surface area contributed by atoms with Crippen LogP contribution < -0.4 is 9.46 Å². The third kappa shape index (κ3) is 5.70. The van der Waals surface area contributed by atoms with Gasteiger partial charge in [-0.1, -0.05) is 41.4 Å². The highest BCUT2D eigenvalue weighted by Crippen LogP contribution is 2.26. The lowest BCUT2D eigenvalue weighted by Crippen LogP contribution is -2.26. The van der Waals surface area contributed by atoms with E-state index in [0.29, 0.717) is 12.1 Å². The fourth-order valence-corrected chi connectivity index (χ4v) is 4.31. The maximum atomic E-state index is 12.8. The molecule has 9 heteroatoms. The number of hydrogen-bond donors (Lipinski definition) is 1. The molecular formula is C22H20Cl2N2O4S. The van der Waals surface area contributed by atoms with Crippen LogP contribution in [0.25, 0.3) is 0 Å². The number of halogens is 2. The minimum Gasteiger partial charge on any atom is -0.497 e. The van der Waals surface area contributed by atoms with Crippen LogP contribution in [-0.4, -0.2) is 33.4 Å². The number of benzene rings is 3. The minimum atomic E-state index is -3.90. The Hall–Kier alpha value is -2.74. The maximum absolute atomic E-state index is 12.8. The van der Waals surface area contributed by atoms with Crippen LogP contribution in [0.3, 0.4) is 0 Å². The molecule has 0 atom stereocenters. The molecule has 162 valence electrons. The number of sulfonamides is 1. The molecule has 0 bridgehead atoms. The van der Waals surface area contributed by atoms with Gasteiger partial charge in [0.2, 0.25) is 0 Å². The number of carbonyl (C=O) groups excluding carboxylic acids is 1. The highest BCUT2D eigenvalue weighted by Gasteiger charge is 2.18. The molecule has 3 rings (SSSR count). The summed E-state index contributed by atoms with van der Waals surface area (Å²) in [4.78, 5) is 14.4. The molecule has 6 nitrogen and oxygen atoms in total. The van der Waals surface area contributed by atoms with E-state index in [1.807, 2.05) is 24.3 Å². The first-order valence-electron chi connectivity index (χ1n) is 9.16. The molecule has 1 amide bonds. The third-order valence-corrected chi connectivity index (χ3v) is 6.61. The largest absolute Gasteiger partial charge is 0.497 e. The zero-order chi connectivity index (χ0) is 22.6. The van der Waals surface area contributed by atoms with Crippen LogP contribution in [0.5, 0.6) is 5.75 Å². The summed E-state index contributed by atoms with van der Waals surface area (Å²) in [5.74, 6) is 0.492. The van der Waals surface area contributed by atoms with Crippen molar-refractivity contribution in [1.29, 1.82) is 0 Å². The number of nitrogens with one attached hydrogen (secondary N) is 1. The Labute approximate surface area is 191 Å². The Bertz CT molecular complexity index is 1200. The zero-order valence-corrected chi connectivity index (χ0v) is 19.1. The lowest BCUT2D eigenvalue weighted by Gasteiger charge is -2.18. The summed E-state index contributed by atoms with van der Waals surface area (Å²) in [5, 5.41) is 0.390. The van der Waals surface area contributed by atoms with Crippen LogP contribution in [0.4, 0.5) is 5.69 Å². The van der Waals surface area contributed by atoms with E-state index in [9.17, 15) is 13.2 Å². The predicted octanol–water partition coefficient (Wildman–Crippen LogP) is 5.08. The Morgan fingerprint density at radius 3 is 2.35 bits per heavy atom. The highest BCUT2D eigenvalue weighted by molar-refractivity contribution is 7.92. The fourth-order valence-electron chi connectivity index (χ4n) is 2.87. The minimum absolute atomic E-state index is 0.0322. The topological polar surface area (TPSA) is 75.7 Å². The highest BCUT2D eigenvalue weighted by atomic mass is 35.5. The van der Waals surface area contributed by atoms with Crippen molar-refractivity contribution in [3.8, 4) is 5.75 Å². The number of amides is 1.